The second-order valence-electron chi connectivity index (χ2n) is 6.47. The maximum Gasteiger partial charge on any atom is 0.422 e. The number of nitrogens with zero attached hydrogens (tertiary/aromatic N) is 3. The van der Waals surface area contributed by atoms with Crippen molar-refractivity contribution in [2.24, 2.45) is 0 Å². The molecular weight excluding hydrogens is 378 g/mol. The summed E-state index contributed by atoms with van der Waals surface area (Å²) in [5.74, 6) is 0.613. The van der Waals surface area contributed by atoms with Crippen LogP contribution in [0.25, 0.3) is 17.0 Å². The van der Waals surface area contributed by atoms with Gasteiger partial charge in [0.05, 0.1) is 23.6 Å². The van der Waals surface area contributed by atoms with E-state index in [0.29, 0.717) is 35.9 Å². The van der Waals surface area contributed by atoms with Gasteiger partial charge in [-0.25, -0.2) is 14.4 Å². The molecule has 1 unspecified atom stereocenters. The lowest BCUT2D eigenvalue weighted by molar-refractivity contribution is -0.153. The zero-order valence-corrected chi connectivity index (χ0v) is 14.6. The third-order valence-corrected chi connectivity index (χ3v) is 4.37. The topological polar surface area (TPSA) is 63.5 Å². The first-order chi connectivity index (χ1) is 13.4. The Balaban J connectivity index is 1.56. The molecular formula is C18H17F4N5O. The summed E-state index contributed by atoms with van der Waals surface area (Å²) in [6.07, 6.45) is -2.25. The van der Waals surface area contributed by atoms with Gasteiger partial charge in [0.15, 0.2) is 6.61 Å². The summed E-state index contributed by atoms with van der Waals surface area (Å²) in [5, 5.41) is 6.05. The van der Waals surface area contributed by atoms with Gasteiger partial charge in [-0.15, -0.1) is 0 Å². The summed E-state index contributed by atoms with van der Waals surface area (Å²) in [4.78, 5) is 8.72. The smallest absolute Gasteiger partial charge is 0.422 e. The van der Waals surface area contributed by atoms with Crippen LogP contribution >= 0.6 is 0 Å². The maximum absolute atomic E-state index is 13.8. The molecule has 3 aromatic rings. The minimum Gasteiger partial charge on any atom is -0.484 e. The van der Waals surface area contributed by atoms with E-state index in [-0.39, 0.29) is 11.8 Å². The number of hydrogen-bond donors (Lipinski definition) is 2. The van der Waals surface area contributed by atoms with Crippen LogP contribution in [0.2, 0.25) is 0 Å². The van der Waals surface area contributed by atoms with Crippen molar-refractivity contribution < 1.29 is 22.3 Å². The van der Waals surface area contributed by atoms with Crippen molar-refractivity contribution in [1.29, 1.82) is 0 Å². The summed E-state index contributed by atoms with van der Waals surface area (Å²) in [6.45, 7) is -0.537. The van der Waals surface area contributed by atoms with E-state index in [2.05, 4.69) is 20.6 Å². The van der Waals surface area contributed by atoms with Crippen molar-refractivity contribution in [2.45, 2.75) is 18.4 Å². The molecule has 28 heavy (non-hydrogen) atoms. The Bertz CT molecular complexity index is 974. The van der Waals surface area contributed by atoms with E-state index in [0.717, 1.165) is 0 Å². The monoisotopic (exact) mass is 395 g/mol. The molecule has 1 aliphatic rings. The Morgan fingerprint density at radius 3 is 2.86 bits per heavy atom. The van der Waals surface area contributed by atoms with Crippen molar-refractivity contribution >= 4 is 11.5 Å². The first-order valence-corrected chi connectivity index (χ1v) is 8.64. The van der Waals surface area contributed by atoms with Crippen molar-refractivity contribution in [3.05, 3.63) is 42.7 Å². The van der Waals surface area contributed by atoms with Gasteiger partial charge in [0, 0.05) is 25.4 Å². The lowest BCUT2D eigenvalue weighted by Gasteiger charge is -2.15. The van der Waals surface area contributed by atoms with Crippen LogP contribution in [0.3, 0.4) is 0 Å². The summed E-state index contributed by atoms with van der Waals surface area (Å²) in [7, 11) is 0. The molecule has 0 aliphatic carbocycles. The van der Waals surface area contributed by atoms with E-state index in [9.17, 15) is 17.6 Å². The molecule has 0 aromatic carbocycles. The number of alkyl halides is 4. The minimum absolute atomic E-state index is 0.0769. The van der Waals surface area contributed by atoms with Crippen LogP contribution < -0.4 is 15.4 Å². The summed E-state index contributed by atoms with van der Waals surface area (Å²) >= 11 is 0. The minimum atomic E-state index is -4.41. The molecule has 0 radical (unpaired) electrons. The molecule has 2 N–H and O–H groups in total. The molecule has 1 saturated heterocycles. The fourth-order valence-corrected chi connectivity index (χ4v) is 3.04. The number of ether oxygens (including phenoxy) is 1. The van der Waals surface area contributed by atoms with E-state index < -0.39 is 19.0 Å². The molecule has 0 spiro atoms. The Kier molecular flexibility index (Phi) is 4.80. The van der Waals surface area contributed by atoms with E-state index in [4.69, 9.17) is 4.74 Å². The molecule has 3 aromatic heterocycles. The highest BCUT2D eigenvalue weighted by Crippen LogP contribution is 2.24. The number of nitrogens with one attached hydrogen (secondary N) is 2. The summed E-state index contributed by atoms with van der Waals surface area (Å²) in [5.41, 5.74) is 1.68. The van der Waals surface area contributed by atoms with Gasteiger partial charge in [0.25, 0.3) is 0 Å². The SMILES string of the molecule is F[C@@H]1CNCC1Nc1cccc(-c2cnc3cc(OCC(F)(F)F)ccn23)n1. The van der Waals surface area contributed by atoms with E-state index >= 15 is 0 Å². The number of halogens is 4. The Hall–Kier alpha value is -2.88. The fourth-order valence-electron chi connectivity index (χ4n) is 3.04. The van der Waals surface area contributed by atoms with Gasteiger partial charge in [-0.05, 0) is 18.2 Å². The first-order valence-electron chi connectivity index (χ1n) is 8.64. The van der Waals surface area contributed by atoms with Gasteiger partial charge in [-0.3, -0.25) is 4.40 Å². The molecule has 10 heteroatoms. The number of imidazole rings is 1. The van der Waals surface area contributed by atoms with Crippen molar-refractivity contribution in [3.8, 4) is 17.1 Å². The van der Waals surface area contributed by atoms with Gasteiger partial charge in [-0.2, -0.15) is 13.2 Å². The Morgan fingerprint density at radius 2 is 2.11 bits per heavy atom. The molecule has 0 saturated carbocycles. The molecule has 148 valence electrons. The third-order valence-electron chi connectivity index (χ3n) is 4.37. The summed E-state index contributed by atoms with van der Waals surface area (Å²) < 4.78 is 57.1. The number of hydrogen-bond acceptors (Lipinski definition) is 5. The van der Waals surface area contributed by atoms with Gasteiger partial charge in [0.1, 0.15) is 23.4 Å². The van der Waals surface area contributed by atoms with E-state index in [1.165, 1.54) is 12.1 Å². The fraction of sp³-hybridized carbons (Fsp3) is 0.333. The van der Waals surface area contributed by atoms with Crippen molar-refractivity contribution in [3.63, 3.8) is 0 Å². The second kappa shape index (κ2) is 7.27. The number of aromatic nitrogens is 3. The molecule has 4 heterocycles. The summed E-state index contributed by atoms with van der Waals surface area (Å²) in [6, 6.07) is 7.83. The van der Waals surface area contributed by atoms with Crippen LogP contribution in [0.4, 0.5) is 23.4 Å². The highest BCUT2D eigenvalue weighted by molar-refractivity contribution is 5.63. The number of pyridine rings is 2. The molecule has 4 rings (SSSR count). The number of fused-ring (bicyclic) bond motifs is 1. The second-order valence-corrected chi connectivity index (χ2v) is 6.47. The van der Waals surface area contributed by atoms with Crippen LogP contribution in [0.1, 0.15) is 0 Å². The normalized spacial score (nSPS) is 19.9. The molecule has 1 fully saturated rings. The van der Waals surface area contributed by atoms with E-state index in [1.807, 2.05) is 0 Å². The Labute approximate surface area is 157 Å². The van der Waals surface area contributed by atoms with Gasteiger partial charge in [-0.1, -0.05) is 6.07 Å². The van der Waals surface area contributed by atoms with Crippen LogP contribution in [0.15, 0.2) is 42.7 Å². The van der Waals surface area contributed by atoms with Gasteiger partial charge < -0.3 is 15.4 Å². The molecule has 6 nitrogen and oxygen atoms in total. The van der Waals surface area contributed by atoms with Crippen LogP contribution in [0, 0.1) is 0 Å². The predicted molar refractivity (Wildman–Crippen MR) is 95.1 cm³/mol. The molecule has 0 bridgehead atoms. The van der Waals surface area contributed by atoms with Gasteiger partial charge in [0.2, 0.25) is 0 Å². The number of anilines is 1. The lowest BCUT2D eigenvalue weighted by Crippen LogP contribution is -2.29. The van der Waals surface area contributed by atoms with Crippen LogP contribution in [-0.2, 0) is 0 Å². The molecule has 2 atom stereocenters. The zero-order chi connectivity index (χ0) is 19.7. The third kappa shape index (κ3) is 4.01. The Morgan fingerprint density at radius 1 is 1.25 bits per heavy atom. The predicted octanol–water partition coefficient (Wildman–Crippen LogP) is 3.06. The number of rotatable bonds is 5. The zero-order valence-electron chi connectivity index (χ0n) is 14.6. The van der Waals surface area contributed by atoms with Gasteiger partial charge >= 0.3 is 6.18 Å². The first kappa shape index (κ1) is 18.5. The average Bonchev–Trinajstić information content (AvgIpc) is 3.26. The van der Waals surface area contributed by atoms with Crippen molar-refractivity contribution in [1.82, 2.24) is 19.7 Å². The highest BCUT2D eigenvalue weighted by atomic mass is 19.4. The quantitative estimate of drug-likeness (QED) is 0.651. The largest absolute Gasteiger partial charge is 0.484 e. The maximum atomic E-state index is 13.8. The highest BCUT2D eigenvalue weighted by Gasteiger charge is 2.28. The standard InChI is InChI=1S/C18H17F4N5O/c19-12-7-23-8-14(12)26-16-3-1-2-13(25-16)15-9-24-17-6-11(4-5-27(15)17)28-10-18(20,21)22/h1-6,9,12,14,23H,7-8,10H2,(H,25,26)/t12-,14?/m1/s1. The molecule has 1 aliphatic heterocycles. The van der Waals surface area contributed by atoms with Crippen LogP contribution in [0.5, 0.6) is 5.75 Å². The van der Waals surface area contributed by atoms with Crippen molar-refractivity contribution in [2.75, 3.05) is 25.0 Å². The van der Waals surface area contributed by atoms with E-state index in [1.54, 1.807) is 35.0 Å². The average molecular weight is 395 g/mol. The lowest BCUT2D eigenvalue weighted by atomic mass is 10.2. The molecule has 0 amide bonds. The van der Waals surface area contributed by atoms with Crippen LogP contribution in [-0.4, -0.2) is 52.5 Å².